The Morgan fingerprint density at radius 3 is 2.09 bits per heavy atom. The smallest absolute Gasteiger partial charge is 0.416 e. The van der Waals surface area contributed by atoms with Gasteiger partial charge < -0.3 is 14.8 Å². The molecule has 1 heterocycles. The van der Waals surface area contributed by atoms with Crippen molar-refractivity contribution in [2.75, 3.05) is 10.3 Å². The van der Waals surface area contributed by atoms with E-state index < -0.39 is 35.8 Å². The zero-order valence-electron chi connectivity index (χ0n) is 31.9. The third kappa shape index (κ3) is 8.75. The van der Waals surface area contributed by atoms with Crippen molar-refractivity contribution >= 4 is 40.5 Å². The average Bonchev–Trinajstić information content (AvgIpc) is 3.45. The number of amides is 2. The van der Waals surface area contributed by atoms with Crippen LogP contribution in [0.15, 0.2) is 90.0 Å². The first kappa shape index (κ1) is 40.4. The molecule has 11 heteroatoms. The predicted molar refractivity (Wildman–Crippen MR) is 209 cm³/mol. The van der Waals surface area contributed by atoms with Crippen molar-refractivity contribution in [2.24, 2.45) is 5.10 Å². The number of benzene rings is 4. The average molecular weight is 762 g/mol. The first-order valence-electron chi connectivity index (χ1n) is 18.1. The molecule has 4 aromatic rings. The molecule has 7 nitrogen and oxygen atoms in total. The van der Waals surface area contributed by atoms with Crippen molar-refractivity contribution < 1.29 is 32.2 Å². The van der Waals surface area contributed by atoms with Gasteiger partial charge in [-0.3, -0.25) is 9.59 Å². The molecule has 1 aliphatic rings. The SMILES string of the molecule is CCC(Oc1ccc(C(C)(C)CC)cc1C(C)(C)CC)C(=O)Nc1cc(C(F)(F)F)ccc1N1N=C(c2ccc(Cl)cc2)C(Oc2ccc(C)cc2)C1=O. The number of alkyl halides is 3. The Kier molecular flexibility index (Phi) is 11.9. The van der Waals surface area contributed by atoms with E-state index in [1.165, 1.54) is 0 Å². The predicted octanol–water partition coefficient (Wildman–Crippen LogP) is 11.0. The topological polar surface area (TPSA) is 80.2 Å². The highest BCUT2D eigenvalue weighted by molar-refractivity contribution is 6.31. The Labute approximate surface area is 320 Å². The van der Waals surface area contributed by atoms with E-state index in [2.05, 4.69) is 58.0 Å². The standard InChI is InChI=1S/C43H47ClF3N3O4/c1-9-35(54-36-23-17-28(41(5,6)10-2)24-32(36)42(7,8)11-3)39(51)48-33-25-29(43(45,46)47)16-22-34(33)50-40(52)38(53-31-20-12-26(4)13-21-31)37(49-50)27-14-18-30(44)19-15-27/h12-25,35,38H,9-11H2,1-8H3,(H,48,51). The van der Waals surface area contributed by atoms with Gasteiger partial charge in [0.05, 0.1) is 16.9 Å². The summed E-state index contributed by atoms with van der Waals surface area (Å²) in [5, 5.41) is 8.66. The fourth-order valence-electron chi connectivity index (χ4n) is 5.96. The fourth-order valence-corrected chi connectivity index (χ4v) is 6.09. The molecule has 0 radical (unpaired) electrons. The lowest BCUT2D eigenvalue weighted by Crippen LogP contribution is -2.38. The van der Waals surface area contributed by atoms with Crippen molar-refractivity contribution in [2.45, 2.75) is 104 Å². The van der Waals surface area contributed by atoms with E-state index in [1.807, 2.05) is 31.2 Å². The normalized spacial score (nSPS) is 15.6. The Hall–Kier alpha value is -4.83. The van der Waals surface area contributed by atoms with E-state index >= 15 is 0 Å². The van der Waals surface area contributed by atoms with Gasteiger partial charge in [-0.1, -0.05) is 102 Å². The number of halogens is 4. The molecule has 0 saturated heterocycles. The Bertz CT molecular complexity index is 2030. The molecule has 0 spiro atoms. The summed E-state index contributed by atoms with van der Waals surface area (Å²) in [4.78, 5) is 28.2. The van der Waals surface area contributed by atoms with Gasteiger partial charge in [0.2, 0.25) is 6.10 Å². The van der Waals surface area contributed by atoms with E-state index in [-0.39, 0.29) is 34.3 Å². The molecule has 2 amide bonds. The monoisotopic (exact) mass is 761 g/mol. The second-order valence-electron chi connectivity index (χ2n) is 14.9. The van der Waals surface area contributed by atoms with Gasteiger partial charge in [-0.05, 0) is 91.1 Å². The molecule has 1 aliphatic heterocycles. The number of nitrogens with zero attached hydrogens (tertiary/aromatic N) is 2. The quantitative estimate of drug-likeness (QED) is 0.147. The summed E-state index contributed by atoms with van der Waals surface area (Å²) in [5.74, 6) is -0.437. The summed E-state index contributed by atoms with van der Waals surface area (Å²) in [6, 6.07) is 22.4. The summed E-state index contributed by atoms with van der Waals surface area (Å²) < 4.78 is 54.9. The van der Waals surface area contributed by atoms with Crippen LogP contribution in [-0.4, -0.2) is 29.7 Å². The van der Waals surface area contributed by atoms with E-state index in [0.29, 0.717) is 22.1 Å². The molecular formula is C43H47ClF3N3O4. The third-order valence-electron chi connectivity index (χ3n) is 10.3. The number of nitrogens with one attached hydrogen (secondary N) is 1. The molecule has 5 rings (SSSR count). The lowest BCUT2D eigenvalue weighted by molar-refractivity contribution is -0.137. The molecule has 0 saturated carbocycles. The van der Waals surface area contributed by atoms with Gasteiger partial charge in [0, 0.05) is 16.1 Å². The van der Waals surface area contributed by atoms with Gasteiger partial charge in [0.15, 0.2) is 6.10 Å². The maximum absolute atomic E-state index is 14.2. The van der Waals surface area contributed by atoms with E-state index in [1.54, 1.807) is 43.3 Å². The minimum absolute atomic E-state index is 0.0726. The van der Waals surface area contributed by atoms with Crippen LogP contribution in [0.2, 0.25) is 5.02 Å². The maximum atomic E-state index is 14.2. The fraction of sp³-hybridized carbons (Fsp3) is 0.372. The minimum Gasteiger partial charge on any atom is -0.480 e. The number of ether oxygens (including phenoxy) is 2. The Morgan fingerprint density at radius 1 is 0.870 bits per heavy atom. The Balaban J connectivity index is 1.53. The number of carbonyl (C=O) groups excluding carboxylic acids is 2. The van der Waals surface area contributed by atoms with Crippen molar-refractivity contribution in [3.8, 4) is 11.5 Å². The Morgan fingerprint density at radius 2 is 1.50 bits per heavy atom. The molecular weight excluding hydrogens is 715 g/mol. The molecule has 0 aliphatic carbocycles. The number of hydrogen-bond acceptors (Lipinski definition) is 5. The highest BCUT2D eigenvalue weighted by atomic mass is 35.5. The van der Waals surface area contributed by atoms with E-state index in [4.69, 9.17) is 21.1 Å². The first-order chi connectivity index (χ1) is 25.4. The van der Waals surface area contributed by atoms with Gasteiger partial charge in [-0.15, -0.1) is 0 Å². The minimum atomic E-state index is -4.74. The van der Waals surface area contributed by atoms with Crippen molar-refractivity contribution in [1.29, 1.82) is 0 Å². The lowest BCUT2D eigenvalue weighted by atomic mass is 9.76. The van der Waals surface area contributed by atoms with Crippen LogP contribution in [-0.2, 0) is 26.6 Å². The van der Waals surface area contributed by atoms with E-state index in [0.717, 1.165) is 52.7 Å². The molecule has 0 fully saturated rings. The number of anilines is 2. The van der Waals surface area contributed by atoms with Crippen LogP contribution >= 0.6 is 11.6 Å². The van der Waals surface area contributed by atoms with Gasteiger partial charge in [-0.2, -0.15) is 23.3 Å². The summed E-state index contributed by atoms with van der Waals surface area (Å²) in [5.41, 5.74) is 2.03. The molecule has 286 valence electrons. The van der Waals surface area contributed by atoms with Crippen LogP contribution in [0, 0.1) is 6.92 Å². The van der Waals surface area contributed by atoms with Crippen molar-refractivity contribution in [3.05, 3.63) is 118 Å². The lowest BCUT2D eigenvalue weighted by Gasteiger charge is -2.31. The summed E-state index contributed by atoms with van der Waals surface area (Å²) >= 11 is 6.14. The molecule has 2 atom stereocenters. The van der Waals surface area contributed by atoms with E-state index in [9.17, 15) is 22.8 Å². The zero-order valence-corrected chi connectivity index (χ0v) is 32.7. The molecule has 54 heavy (non-hydrogen) atoms. The number of hydrogen-bond donors (Lipinski definition) is 1. The largest absolute Gasteiger partial charge is 0.480 e. The third-order valence-corrected chi connectivity index (χ3v) is 10.6. The van der Waals surface area contributed by atoms with Crippen LogP contribution in [0.25, 0.3) is 0 Å². The van der Waals surface area contributed by atoms with Gasteiger partial charge >= 0.3 is 6.18 Å². The summed E-state index contributed by atoms with van der Waals surface area (Å²) in [6.45, 7) is 16.4. The van der Waals surface area contributed by atoms with Crippen molar-refractivity contribution in [3.63, 3.8) is 0 Å². The second kappa shape index (κ2) is 15.9. The van der Waals surface area contributed by atoms with Gasteiger partial charge in [-0.25, -0.2) is 0 Å². The van der Waals surface area contributed by atoms with Crippen LogP contribution in [0.5, 0.6) is 11.5 Å². The number of rotatable bonds is 13. The summed E-state index contributed by atoms with van der Waals surface area (Å²) in [7, 11) is 0. The molecule has 2 unspecified atom stereocenters. The summed E-state index contributed by atoms with van der Waals surface area (Å²) in [6.07, 6.45) is -5.15. The van der Waals surface area contributed by atoms with Crippen molar-refractivity contribution in [1.82, 2.24) is 0 Å². The molecule has 4 aromatic carbocycles. The number of carbonyl (C=O) groups is 2. The van der Waals surface area contributed by atoms with Crippen LogP contribution in [0.1, 0.15) is 95.5 Å². The van der Waals surface area contributed by atoms with Gasteiger partial charge in [0.1, 0.15) is 17.2 Å². The van der Waals surface area contributed by atoms with Gasteiger partial charge in [0.25, 0.3) is 11.8 Å². The highest BCUT2D eigenvalue weighted by Gasteiger charge is 2.42. The molecule has 1 N–H and O–H groups in total. The van der Waals surface area contributed by atoms with Crippen LogP contribution in [0.3, 0.4) is 0 Å². The molecule has 0 aromatic heterocycles. The van der Waals surface area contributed by atoms with Crippen LogP contribution in [0.4, 0.5) is 24.5 Å². The molecule has 0 bridgehead atoms. The zero-order chi connectivity index (χ0) is 39.6. The highest BCUT2D eigenvalue weighted by Crippen LogP contribution is 2.41. The maximum Gasteiger partial charge on any atom is 0.416 e. The second-order valence-corrected chi connectivity index (χ2v) is 15.3. The number of aryl methyl sites for hydroxylation is 1. The first-order valence-corrected chi connectivity index (χ1v) is 18.5. The number of hydrazone groups is 1. The van der Waals surface area contributed by atoms with Crippen LogP contribution < -0.4 is 19.8 Å².